The maximum absolute atomic E-state index is 11.7. The largest absolute Gasteiger partial charge is 0.310 e. The van der Waals surface area contributed by atoms with Crippen molar-refractivity contribution >= 4 is 11.0 Å². The van der Waals surface area contributed by atoms with Crippen molar-refractivity contribution in [1.29, 1.82) is 0 Å². The van der Waals surface area contributed by atoms with E-state index in [2.05, 4.69) is 15.1 Å². The predicted octanol–water partition coefficient (Wildman–Crippen LogP) is 0.609. The number of rotatable bonds is 2. The molecular formula is C10H12N4O. The summed E-state index contributed by atoms with van der Waals surface area (Å²) >= 11 is 0. The van der Waals surface area contributed by atoms with E-state index in [0.29, 0.717) is 11.0 Å². The molecule has 78 valence electrons. The summed E-state index contributed by atoms with van der Waals surface area (Å²) in [6.07, 6.45) is 4.96. The lowest BCUT2D eigenvalue weighted by atomic mass is 10.3. The summed E-state index contributed by atoms with van der Waals surface area (Å²) in [5.41, 5.74) is 0.596. The minimum Gasteiger partial charge on any atom is -0.310 e. The lowest BCUT2D eigenvalue weighted by Gasteiger charge is -1.99. The smallest absolute Gasteiger partial charge is 0.262 e. The number of aromatic nitrogens is 4. The lowest BCUT2D eigenvalue weighted by molar-refractivity contribution is 0.749. The summed E-state index contributed by atoms with van der Waals surface area (Å²) < 4.78 is 1.64. The summed E-state index contributed by atoms with van der Waals surface area (Å²) in [4.78, 5) is 18.9. The van der Waals surface area contributed by atoms with Crippen molar-refractivity contribution in [2.45, 2.75) is 19.3 Å². The monoisotopic (exact) mass is 204 g/mol. The van der Waals surface area contributed by atoms with Crippen LogP contribution in [0.25, 0.3) is 11.0 Å². The first-order valence-corrected chi connectivity index (χ1v) is 5.15. The maximum atomic E-state index is 11.7. The topological polar surface area (TPSA) is 63.6 Å². The first kappa shape index (κ1) is 8.64. The normalized spacial score (nSPS) is 16.1. The number of nitrogens with one attached hydrogen (secondary N) is 1. The average molecular weight is 204 g/mol. The molecular weight excluding hydrogens is 192 g/mol. The van der Waals surface area contributed by atoms with Crippen LogP contribution in [0, 0.1) is 5.92 Å². The van der Waals surface area contributed by atoms with Crippen LogP contribution in [0.4, 0.5) is 0 Å². The van der Waals surface area contributed by atoms with Gasteiger partial charge in [-0.15, -0.1) is 0 Å². The SMILES string of the molecule is Cn1ncc2c(=O)[nH]c(CC3CC3)nc21. The molecule has 0 atom stereocenters. The van der Waals surface area contributed by atoms with E-state index in [9.17, 15) is 4.79 Å². The van der Waals surface area contributed by atoms with E-state index in [1.807, 2.05) is 0 Å². The molecule has 0 aromatic carbocycles. The Hall–Kier alpha value is -1.65. The van der Waals surface area contributed by atoms with Crippen molar-refractivity contribution < 1.29 is 0 Å². The number of nitrogens with zero attached hydrogens (tertiary/aromatic N) is 3. The number of hydrogen-bond donors (Lipinski definition) is 1. The van der Waals surface area contributed by atoms with Crippen LogP contribution in [0.5, 0.6) is 0 Å². The fourth-order valence-corrected chi connectivity index (χ4v) is 1.77. The standard InChI is InChI=1S/C10H12N4O/c1-14-9-7(5-11-14)10(15)13-8(12-9)4-6-2-3-6/h5-6H,2-4H2,1H3,(H,12,13,15). The molecule has 5 heteroatoms. The van der Waals surface area contributed by atoms with Gasteiger partial charge in [-0.1, -0.05) is 0 Å². The molecule has 2 heterocycles. The molecule has 3 rings (SSSR count). The fourth-order valence-electron chi connectivity index (χ4n) is 1.77. The Balaban J connectivity index is 2.15. The first-order valence-electron chi connectivity index (χ1n) is 5.15. The molecule has 0 bridgehead atoms. The molecule has 0 spiro atoms. The van der Waals surface area contributed by atoms with Gasteiger partial charge in [-0.2, -0.15) is 5.10 Å². The summed E-state index contributed by atoms with van der Waals surface area (Å²) in [5.74, 6) is 1.51. The molecule has 2 aromatic rings. The zero-order valence-electron chi connectivity index (χ0n) is 8.53. The van der Waals surface area contributed by atoms with Gasteiger partial charge in [0.05, 0.1) is 6.20 Å². The third-order valence-corrected chi connectivity index (χ3v) is 2.83. The third kappa shape index (κ3) is 1.44. The van der Waals surface area contributed by atoms with Crippen LogP contribution in [0.2, 0.25) is 0 Å². The molecule has 0 amide bonds. The molecule has 1 fully saturated rings. The molecule has 5 nitrogen and oxygen atoms in total. The second-order valence-corrected chi connectivity index (χ2v) is 4.17. The van der Waals surface area contributed by atoms with Crippen LogP contribution >= 0.6 is 0 Å². The van der Waals surface area contributed by atoms with Crippen molar-refractivity contribution in [3.63, 3.8) is 0 Å². The summed E-state index contributed by atoms with van der Waals surface area (Å²) in [5, 5.41) is 4.59. The Morgan fingerprint density at radius 3 is 3.13 bits per heavy atom. The Labute approximate surface area is 86.1 Å². The summed E-state index contributed by atoms with van der Waals surface area (Å²) in [7, 11) is 1.80. The van der Waals surface area contributed by atoms with E-state index >= 15 is 0 Å². The van der Waals surface area contributed by atoms with Crippen LogP contribution in [0.1, 0.15) is 18.7 Å². The van der Waals surface area contributed by atoms with Gasteiger partial charge in [0.15, 0.2) is 5.65 Å². The van der Waals surface area contributed by atoms with Gasteiger partial charge in [-0.05, 0) is 18.8 Å². The number of fused-ring (bicyclic) bond motifs is 1. The van der Waals surface area contributed by atoms with Crippen LogP contribution in [-0.4, -0.2) is 19.7 Å². The molecule has 2 aromatic heterocycles. The minimum atomic E-state index is -0.0799. The van der Waals surface area contributed by atoms with E-state index in [1.165, 1.54) is 12.8 Å². The molecule has 1 aliphatic carbocycles. The molecule has 15 heavy (non-hydrogen) atoms. The predicted molar refractivity (Wildman–Crippen MR) is 55.6 cm³/mol. The molecule has 0 saturated heterocycles. The number of aromatic amines is 1. The highest BCUT2D eigenvalue weighted by Gasteiger charge is 2.23. The Kier molecular flexibility index (Phi) is 1.68. The van der Waals surface area contributed by atoms with Gasteiger partial charge in [-0.25, -0.2) is 4.98 Å². The highest BCUT2D eigenvalue weighted by Crippen LogP contribution is 2.31. The first-order chi connectivity index (χ1) is 7.24. The second-order valence-electron chi connectivity index (χ2n) is 4.17. The number of aryl methyl sites for hydroxylation is 1. The zero-order chi connectivity index (χ0) is 10.4. The van der Waals surface area contributed by atoms with Crippen molar-refractivity contribution in [2.75, 3.05) is 0 Å². The Bertz CT molecular complexity index is 564. The van der Waals surface area contributed by atoms with Gasteiger partial charge in [0.25, 0.3) is 5.56 Å². The van der Waals surface area contributed by atoms with Crippen molar-refractivity contribution in [1.82, 2.24) is 19.7 Å². The van der Waals surface area contributed by atoms with E-state index < -0.39 is 0 Å². The molecule has 1 N–H and O–H groups in total. The van der Waals surface area contributed by atoms with Crippen molar-refractivity contribution in [3.8, 4) is 0 Å². The van der Waals surface area contributed by atoms with Gasteiger partial charge in [0.1, 0.15) is 11.2 Å². The number of H-pyrrole nitrogens is 1. The van der Waals surface area contributed by atoms with Crippen molar-refractivity contribution in [3.05, 3.63) is 22.4 Å². The third-order valence-electron chi connectivity index (χ3n) is 2.83. The average Bonchev–Trinajstić information content (AvgIpc) is 2.92. The van der Waals surface area contributed by atoms with Gasteiger partial charge in [-0.3, -0.25) is 9.48 Å². The Morgan fingerprint density at radius 1 is 1.60 bits per heavy atom. The second kappa shape index (κ2) is 2.92. The van der Waals surface area contributed by atoms with E-state index in [1.54, 1.807) is 17.9 Å². The lowest BCUT2D eigenvalue weighted by Crippen LogP contribution is -2.12. The summed E-state index contributed by atoms with van der Waals surface area (Å²) in [6.45, 7) is 0. The van der Waals surface area contributed by atoms with Gasteiger partial charge in [0.2, 0.25) is 0 Å². The molecule has 0 unspecified atom stereocenters. The molecule has 1 saturated carbocycles. The van der Waals surface area contributed by atoms with E-state index in [4.69, 9.17) is 0 Å². The van der Waals surface area contributed by atoms with E-state index in [-0.39, 0.29) is 5.56 Å². The van der Waals surface area contributed by atoms with Crippen LogP contribution < -0.4 is 5.56 Å². The van der Waals surface area contributed by atoms with Gasteiger partial charge < -0.3 is 4.98 Å². The fraction of sp³-hybridized carbons (Fsp3) is 0.500. The highest BCUT2D eigenvalue weighted by atomic mass is 16.1. The van der Waals surface area contributed by atoms with Crippen LogP contribution in [0.3, 0.4) is 0 Å². The minimum absolute atomic E-state index is 0.0799. The van der Waals surface area contributed by atoms with Gasteiger partial charge in [0, 0.05) is 13.5 Å². The van der Waals surface area contributed by atoms with Gasteiger partial charge >= 0.3 is 0 Å². The van der Waals surface area contributed by atoms with Crippen molar-refractivity contribution in [2.24, 2.45) is 13.0 Å². The zero-order valence-corrected chi connectivity index (χ0v) is 8.53. The van der Waals surface area contributed by atoms with E-state index in [0.717, 1.165) is 18.2 Å². The Morgan fingerprint density at radius 2 is 2.40 bits per heavy atom. The quantitative estimate of drug-likeness (QED) is 0.779. The number of hydrogen-bond acceptors (Lipinski definition) is 3. The molecule has 0 aliphatic heterocycles. The maximum Gasteiger partial charge on any atom is 0.262 e. The summed E-state index contributed by atoms with van der Waals surface area (Å²) in [6, 6.07) is 0. The van der Waals surface area contributed by atoms with Crippen LogP contribution in [0.15, 0.2) is 11.0 Å². The molecule has 1 aliphatic rings. The highest BCUT2D eigenvalue weighted by molar-refractivity contribution is 5.72. The van der Waals surface area contributed by atoms with Crippen LogP contribution in [-0.2, 0) is 13.5 Å². The molecule has 0 radical (unpaired) electrons.